The molecule has 0 saturated heterocycles. The second-order valence-electron chi connectivity index (χ2n) is 4.09. The fourth-order valence-electron chi connectivity index (χ4n) is 1.72. The minimum absolute atomic E-state index is 0.190. The molecular formula is C12H13BrN4OS. The van der Waals surface area contributed by atoms with Crippen LogP contribution in [0.4, 0.5) is 10.8 Å². The minimum atomic E-state index is -0.552. The summed E-state index contributed by atoms with van der Waals surface area (Å²) in [6, 6.07) is 7.96. The van der Waals surface area contributed by atoms with E-state index in [1.54, 1.807) is 0 Å². The fraction of sp³-hybridized carbons (Fsp3) is 0.167. The molecule has 0 bridgehead atoms. The topological polar surface area (TPSA) is 85.2 Å². The smallest absolute Gasteiger partial charge is 0.255 e. The molecule has 0 fully saturated rings. The van der Waals surface area contributed by atoms with Gasteiger partial charge in [0.05, 0.1) is 0 Å². The number of carbonyl (C=O) groups is 1. The number of amides is 1. The number of nitrogen functional groups attached to an aromatic ring is 1. The van der Waals surface area contributed by atoms with Crippen LogP contribution in [-0.4, -0.2) is 17.3 Å². The number of rotatable bonds is 4. The van der Waals surface area contributed by atoms with Crippen molar-refractivity contribution in [3.63, 3.8) is 0 Å². The first-order valence-corrected chi connectivity index (χ1v) is 7.06. The Morgan fingerprint density at radius 1 is 1.42 bits per heavy atom. The highest BCUT2D eigenvalue weighted by Crippen LogP contribution is 2.30. The van der Waals surface area contributed by atoms with Gasteiger partial charge < -0.3 is 16.4 Å². The van der Waals surface area contributed by atoms with E-state index in [4.69, 9.17) is 11.5 Å². The Morgan fingerprint density at radius 3 is 2.63 bits per heavy atom. The van der Waals surface area contributed by atoms with Crippen molar-refractivity contribution in [2.75, 3.05) is 17.7 Å². The maximum absolute atomic E-state index is 11.4. The van der Waals surface area contributed by atoms with Gasteiger partial charge in [-0.2, -0.15) is 4.37 Å². The number of hydrogen-bond acceptors (Lipinski definition) is 5. The lowest BCUT2D eigenvalue weighted by atomic mass is 10.2. The number of halogens is 1. The molecule has 1 aromatic carbocycles. The fourth-order valence-corrected chi connectivity index (χ4v) is 2.76. The molecule has 0 saturated carbocycles. The summed E-state index contributed by atoms with van der Waals surface area (Å²) in [7, 11) is 1.88. The number of nitrogens with two attached hydrogens (primary N) is 2. The lowest BCUT2D eigenvalue weighted by Gasteiger charge is -2.18. The molecule has 2 rings (SSSR count). The zero-order chi connectivity index (χ0) is 14.0. The van der Waals surface area contributed by atoms with Crippen molar-refractivity contribution in [2.24, 2.45) is 5.73 Å². The summed E-state index contributed by atoms with van der Waals surface area (Å²) in [5, 5.41) is 0.688. The third kappa shape index (κ3) is 3.05. The van der Waals surface area contributed by atoms with Crippen molar-refractivity contribution < 1.29 is 4.79 Å². The molecule has 1 heterocycles. The van der Waals surface area contributed by atoms with E-state index in [-0.39, 0.29) is 5.82 Å². The Hall–Kier alpha value is -1.60. The van der Waals surface area contributed by atoms with Crippen LogP contribution in [0.15, 0.2) is 28.7 Å². The Labute approximate surface area is 123 Å². The van der Waals surface area contributed by atoms with Crippen LogP contribution in [0, 0.1) is 0 Å². The standard InChI is InChI=1S/C12H13BrN4OS/c1-17(6-7-2-4-8(13)5-3-7)12-9(11(15)18)10(14)16-19-12/h2-5H,6H2,1H3,(H2,14,16)(H2,15,18). The van der Waals surface area contributed by atoms with Crippen LogP contribution in [0.5, 0.6) is 0 Å². The van der Waals surface area contributed by atoms with Gasteiger partial charge in [-0.15, -0.1) is 0 Å². The number of hydrogen-bond donors (Lipinski definition) is 2. The van der Waals surface area contributed by atoms with E-state index in [1.807, 2.05) is 36.2 Å². The largest absolute Gasteiger partial charge is 0.382 e. The molecule has 100 valence electrons. The molecule has 7 heteroatoms. The Morgan fingerprint density at radius 2 is 2.05 bits per heavy atom. The second-order valence-corrected chi connectivity index (χ2v) is 5.76. The van der Waals surface area contributed by atoms with Gasteiger partial charge in [-0.3, -0.25) is 4.79 Å². The summed E-state index contributed by atoms with van der Waals surface area (Å²) in [5.41, 5.74) is 12.4. The highest BCUT2D eigenvalue weighted by molar-refractivity contribution is 9.10. The Balaban J connectivity index is 2.23. The lowest BCUT2D eigenvalue weighted by Crippen LogP contribution is -2.21. The molecule has 19 heavy (non-hydrogen) atoms. The van der Waals surface area contributed by atoms with Crippen LogP contribution < -0.4 is 16.4 Å². The average molecular weight is 341 g/mol. The van der Waals surface area contributed by atoms with E-state index in [9.17, 15) is 4.79 Å². The summed E-state index contributed by atoms with van der Waals surface area (Å²) < 4.78 is 5.01. The van der Waals surface area contributed by atoms with Crippen LogP contribution in [0.2, 0.25) is 0 Å². The van der Waals surface area contributed by atoms with Gasteiger partial charge in [-0.25, -0.2) is 0 Å². The zero-order valence-electron chi connectivity index (χ0n) is 10.3. The average Bonchev–Trinajstić information content (AvgIpc) is 2.74. The zero-order valence-corrected chi connectivity index (χ0v) is 12.7. The van der Waals surface area contributed by atoms with Gasteiger partial charge in [0.15, 0.2) is 5.82 Å². The molecule has 1 amide bonds. The first kappa shape index (κ1) is 13.8. The molecule has 0 radical (unpaired) electrons. The van der Waals surface area contributed by atoms with Gasteiger partial charge in [-0.05, 0) is 29.2 Å². The second kappa shape index (κ2) is 5.58. The van der Waals surface area contributed by atoms with Gasteiger partial charge in [0, 0.05) is 18.1 Å². The molecule has 0 aliphatic heterocycles. The monoisotopic (exact) mass is 340 g/mol. The number of benzene rings is 1. The molecule has 2 aromatic rings. The van der Waals surface area contributed by atoms with E-state index in [0.29, 0.717) is 17.1 Å². The highest BCUT2D eigenvalue weighted by atomic mass is 79.9. The maximum Gasteiger partial charge on any atom is 0.255 e. The molecule has 0 unspecified atom stereocenters. The first-order chi connectivity index (χ1) is 8.99. The molecule has 5 nitrogen and oxygen atoms in total. The Bertz CT molecular complexity index is 596. The van der Waals surface area contributed by atoms with Crippen LogP contribution in [-0.2, 0) is 6.54 Å². The molecule has 0 aliphatic carbocycles. The third-order valence-corrected chi connectivity index (χ3v) is 4.13. The number of carbonyl (C=O) groups excluding carboxylic acids is 1. The van der Waals surface area contributed by atoms with Crippen molar-refractivity contribution in [3.8, 4) is 0 Å². The van der Waals surface area contributed by atoms with Crippen LogP contribution in [0.3, 0.4) is 0 Å². The molecular weight excluding hydrogens is 328 g/mol. The summed E-state index contributed by atoms with van der Waals surface area (Å²) in [6.45, 7) is 0.648. The van der Waals surface area contributed by atoms with Crippen molar-refractivity contribution in [1.29, 1.82) is 0 Å². The van der Waals surface area contributed by atoms with Crippen LogP contribution in [0.1, 0.15) is 15.9 Å². The SMILES string of the molecule is CN(Cc1ccc(Br)cc1)c1snc(N)c1C(N)=O. The van der Waals surface area contributed by atoms with Crippen molar-refractivity contribution in [1.82, 2.24) is 4.37 Å². The van der Waals surface area contributed by atoms with Gasteiger partial charge in [-0.1, -0.05) is 28.1 Å². The van der Waals surface area contributed by atoms with E-state index >= 15 is 0 Å². The van der Waals surface area contributed by atoms with E-state index in [0.717, 1.165) is 10.0 Å². The number of anilines is 2. The maximum atomic E-state index is 11.4. The summed E-state index contributed by atoms with van der Waals surface area (Å²) in [6.07, 6.45) is 0. The lowest BCUT2D eigenvalue weighted by molar-refractivity contribution is 0.100. The van der Waals surface area contributed by atoms with E-state index < -0.39 is 5.91 Å². The summed E-state index contributed by atoms with van der Waals surface area (Å²) in [4.78, 5) is 13.3. The van der Waals surface area contributed by atoms with E-state index in [1.165, 1.54) is 11.5 Å². The number of primary amides is 1. The quantitative estimate of drug-likeness (QED) is 0.893. The van der Waals surface area contributed by atoms with Crippen LogP contribution >= 0.6 is 27.5 Å². The summed E-state index contributed by atoms with van der Waals surface area (Å²) in [5.74, 6) is -0.362. The van der Waals surface area contributed by atoms with Crippen molar-refractivity contribution in [3.05, 3.63) is 39.9 Å². The molecule has 1 aromatic heterocycles. The van der Waals surface area contributed by atoms with Gasteiger partial charge in [0.1, 0.15) is 10.6 Å². The number of nitrogens with zero attached hydrogens (tertiary/aromatic N) is 2. The Kier molecular flexibility index (Phi) is 4.06. The predicted octanol–water partition coefficient (Wildman–Crippen LogP) is 2.22. The van der Waals surface area contributed by atoms with Gasteiger partial charge in [0.25, 0.3) is 5.91 Å². The van der Waals surface area contributed by atoms with Gasteiger partial charge in [0.2, 0.25) is 0 Å². The third-order valence-electron chi connectivity index (χ3n) is 2.63. The van der Waals surface area contributed by atoms with Crippen LogP contribution in [0.25, 0.3) is 0 Å². The molecule has 0 aliphatic rings. The number of aromatic nitrogens is 1. The van der Waals surface area contributed by atoms with E-state index in [2.05, 4.69) is 20.3 Å². The molecule has 0 spiro atoms. The minimum Gasteiger partial charge on any atom is -0.382 e. The normalized spacial score (nSPS) is 10.4. The highest BCUT2D eigenvalue weighted by Gasteiger charge is 2.19. The summed E-state index contributed by atoms with van der Waals surface area (Å²) >= 11 is 4.57. The predicted molar refractivity (Wildman–Crippen MR) is 81.3 cm³/mol. The van der Waals surface area contributed by atoms with Gasteiger partial charge >= 0.3 is 0 Å². The molecule has 0 atom stereocenters. The van der Waals surface area contributed by atoms with Crippen molar-refractivity contribution >= 4 is 44.2 Å². The van der Waals surface area contributed by atoms with Crippen molar-refractivity contribution in [2.45, 2.75) is 6.54 Å². The molecule has 4 N–H and O–H groups in total. The first-order valence-electron chi connectivity index (χ1n) is 5.49.